The van der Waals surface area contributed by atoms with Gasteiger partial charge in [0.15, 0.2) is 0 Å². The van der Waals surface area contributed by atoms with Crippen LogP contribution in [0.2, 0.25) is 0 Å². The van der Waals surface area contributed by atoms with Crippen molar-refractivity contribution in [2.75, 3.05) is 14.2 Å². The monoisotopic (exact) mass is 576 g/mol. The van der Waals surface area contributed by atoms with E-state index >= 15 is 0 Å². The van der Waals surface area contributed by atoms with Crippen molar-refractivity contribution in [2.45, 2.75) is 25.9 Å². The van der Waals surface area contributed by atoms with E-state index in [1.807, 2.05) is 48.8 Å². The van der Waals surface area contributed by atoms with Gasteiger partial charge in [-0.2, -0.15) is 0 Å². The molecule has 0 aliphatic heterocycles. The first-order valence-corrected chi connectivity index (χ1v) is 14.9. The number of methoxy groups -OCH3 is 2. The Morgan fingerprint density at radius 1 is 0.500 bits per heavy atom. The van der Waals surface area contributed by atoms with Gasteiger partial charge < -0.3 is 9.47 Å². The smallest absolute Gasteiger partial charge is 0.136 e. The van der Waals surface area contributed by atoms with Crippen LogP contribution < -0.4 is 9.47 Å². The lowest BCUT2D eigenvalue weighted by Crippen LogP contribution is -2.01. The van der Waals surface area contributed by atoms with Gasteiger partial charge in [0.25, 0.3) is 0 Å². The Labute approximate surface area is 259 Å². The van der Waals surface area contributed by atoms with E-state index < -0.39 is 0 Å². The molecule has 0 spiro atoms. The lowest BCUT2D eigenvalue weighted by Gasteiger charge is -2.21. The van der Waals surface area contributed by atoms with Crippen LogP contribution in [0.4, 0.5) is 0 Å². The molecule has 0 saturated heterocycles. The fraction of sp³-hybridized carbons (Fsp3) is 0.150. The largest absolute Gasteiger partial charge is 0.495 e. The van der Waals surface area contributed by atoms with E-state index in [1.54, 1.807) is 14.2 Å². The zero-order chi connectivity index (χ0) is 30.5. The average Bonchev–Trinajstić information content (AvgIpc) is 3.08. The summed E-state index contributed by atoms with van der Waals surface area (Å²) < 4.78 is 12.5. The van der Waals surface area contributed by atoms with Crippen LogP contribution in [0, 0.1) is 0 Å². The molecule has 0 aromatic heterocycles. The molecule has 0 aliphatic rings. The van der Waals surface area contributed by atoms with Crippen molar-refractivity contribution in [1.29, 1.82) is 0 Å². The highest BCUT2D eigenvalue weighted by atomic mass is 16.5. The molecule has 6 rings (SSSR count). The Balaban J connectivity index is 1.58. The molecule has 4 heteroatoms. The van der Waals surface area contributed by atoms with Crippen molar-refractivity contribution in [3.05, 3.63) is 144 Å². The highest BCUT2D eigenvalue weighted by Gasteiger charge is 2.23. The highest BCUT2D eigenvalue weighted by Crippen LogP contribution is 2.48. The average molecular weight is 577 g/mol. The number of rotatable bonds is 9. The van der Waals surface area contributed by atoms with Crippen molar-refractivity contribution in [3.63, 3.8) is 0 Å². The van der Waals surface area contributed by atoms with Crippen LogP contribution >= 0.6 is 0 Å². The van der Waals surface area contributed by atoms with Gasteiger partial charge in [-0.15, -0.1) is 0 Å². The topological polar surface area (TPSA) is 43.2 Å². The SMILES string of the molecule is COc1c(C=N[C@@H](C)c2ccccc2)cc2ccccc2c1-c1c(OC)c(C=N[C@@H](C)c2ccccc2)cc2ccccc12. The standard InChI is InChI=1S/C40H36N2O2/c1-27(29-15-7-5-8-16-29)41-25-33-23-31-19-11-13-21-35(31)37(39(33)43-3)38-36-22-14-12-20-32(36)24-34(40(38)44-4)26-42-28(2)30-17-9-6-10-18-30/h5-28H,1-4H3/t27-,28-/m0/s1. The number of ether oxygens (including phenoxy) is 2. The summed E-state index contributed by atoms with van der Waals surface area (Å²) in [6.07, 6.45) is 3.88. The summed E-state index contributed by atoms with van der Waals surface area (Å²) in [6.45, 7) is 4.21. The molecule has 0 N–H and O–H groups in total. The minimum Gasteiger partial charge on any atom is -0.495 e. The van der Waals surface area contributed by atoms with Crippen LogP contribution in [0.1, 0.15) is 48.2 Å². The van der Waals surface area contributed by atoms with Gasteiger partial charge in [0, 0.05) is 34.7 Å². The number of hydrogen-bond acceptors (Lipinski definition) is 4. The fourth-order valence-corrected chi connectivity index (χ4v) is 5.85. The van der Waals surface area contributed by atoms with Gasteiger partial charge in [-0.1, -0.05) is 109 Å². The third-order valence-corrected chi connectivity index (χ3v) is 8.16. The van der Waals surface area contributed by atoms with Crippen molar-refractivity contribution in [2.24, 2.45) is 9.98 Å². The number of benzene rings is 6. The van der Waals surface area contributed by atoms with Crippen LogP contribution in [-0.2, 0) is 0 Å². The summed E-state index contributed by atoms with van der Waals surface area (Å²) in [5, 5.41) is 4.35. The Morgan fingerprint density at radius 2 is 0.864 bits per heavy atom. The Kier molecular flexibility index (Phi) is 8.51. The molecule has 218 valence electrons. The second kappa shape index (κ2) is 13.0. The van der Waals surface area contributed by atoms with Crippen LogP contribution in [0.25, 0.3) is 32.7 Å². The Bertz CT molecular complexity index is 1820. The van der Waals surface area contributed by atoms with E-state index in [-0.39, 0.29) is 12.1 Å². The highest BCUT2D eigenvalue weighted by molar-refractivity contribution is 6.14. The zero-order valence-electron chi connectivity index (χ0n) is 25.6. The number of hydrogen-bond donors (Lipinski definition) is 0. The summed E-state index contributed by atoms with van der Waals surface area (Å²) in [6, 6.07) is 41.8. The minimum absolute atomic E-state index is 0.00247. The molecule has 6 aromatic rings. The van der Waals surface area contributed by atoms with Crippen LogP contribution in [0.15, 0.2) is 131 Å². The van der Waals surface area contributed by atoms with Crippen LogP contribution in [0.3, 0.4) is 0 Å². The van der Waals surface area contributed by atoms with Gasteiger partial charge in [0.05, 0.1) is 26.3 Å². The molecule has 0 aliphatic carbocycles. The van der Waals surface area contributed by atoms with Crippen molar-refractivity contribution >= 4 is 34.0 Å². The van der Waals surface area contributed by atoms with E-state index in [1.165, 1.54) is 0 Å². The Hall–Kier alpha value is -5.22. The first-order chi connectivity index (χ1) is 21.6. The predicted octanol–water partition coefficient (Wildman–Crippen LogP) is 10.0. The molecule has 6 aromatic carbocycles. The minimum atomic E-state index is -0.00247. The molecular formula is C40H36N2O2. The number of nitrogens with zero attached hydrogens (tertiary/aromatic N) is 2. The summed E-state index contributed by atoms with van der Waals surface area (Å²) in [5.41, 5.74) is 6.08. The van der Waals surface area contributed by atoms with E-state index in [4.69, 9.17) is 19.5 Å². The first kappa shape index (κ1) is 28.9. The van der Waals surface area contributed by atoms with E-state index in [9.17, 15) is 0 Å². The molecule has 0 bridgehead atoms. The zero-order valence-corrected chi connectivity index (χ0v) is 25.6. The normalized spacial score (nSPS) is 13.1. The third-order valence-electron chi connectivity index (χ3n) is 8.16. The maximum Gasteiger partial charge on any atom is 0.136 e. The Morgan fingerprint density at radius 3 is 1.25 bits per heavy atom. The molecule has 0 radical (unpaired) electrons. The molecule has 0 saturated carbocycles. The number of aliphatic imine (C=N–C) groups is 2. The molecule has 0 heterocycles. The molecule has 0 amide bonds. The molecule has 44 heavy (non-hydrogen) atoms. The van der Waals surface area contributed by atoms with Gasteiger partial charge >= 0.3 is 0 Å². The maximum atomic E-state index is 6.24. The fourth-order valence-electron chi connectivity index (χ4n) is 5.85. The van der Waals surface area contributed by atoms with Gasteiger partial charge in [-0.3, -0.25) is 9.98 Å². The van der Waals surface area contributed by atoms with Crippen molar-refractivity contribution in [3.8, 4) is 22.6 Å². The lowest BCUT2D eigenvalue weighted by atomic mass is 9.89. The lowest BCUT2D eigenvalue weighted by molar-refractivity contribution is 0.410. The van der Waals surface area contributed by atoms with E-state index in [2.05, 4.69) is 98.8 Å². The summed E-state index contributed by atoms with van der Waals surface area (Å²) >= 11 is 0. The summed E-state index contributed by atoms with van der Waals surface area (Å²) in [4.78, 5) is 9.92. The maximum absolute atomic E-state index is 6.24. The molecule has 0 fully saturated rings. The number of fused-ring (bicyclic) bond motifs is 2. The molecule has 2 atom stereocenters. The van der Waals surface area contributed by atoms with Gasteiger partial charge in [-0.25, -0.2) is 0 Å². The molecule has 0 unspecified atom stereocenters. The second-order valence-electron chi connectivity index (χ2n) is 10.9. The summed E-state index contributed by atoms with van der Waals surface area (Å²) in [7, 11) is 3.46. The van der Waals surface area contributed by atoms with Gasteiger partial charge in [-0.05, 0) is 58.7 Å². The second-order valence-corrected chi connectivity index (χ2v) is 10.9. The van der Waals surface area contributed by atoms with E-state index in [0.717, 1.165) is 66.4 Å². The molecular weight excluding hydrogens is 540 g/mol. The predicted molar refractivity (Wildman–Crippen MR) is 185 cm³/mol. The quantitative estimate of drug-likeness (QED) is 0.161. The van der Waals surface area contributed by atoms with Gasteiger partial charge in [0.2, 0.25) is 0 Å². The first-order valence-electron chi connectivity index (χ1n) is 14.9. The summed E-state index contributed by atoms with van der Waals surface area (Å²) in [5.74, 6) is 1.51. The van der Waals surface area contributed by atoms with Crippen LogP contribution in [-0.4, -0.2) is 26.6 Å². The van der Waals surface area contributed by atoms with Crippen molar-refractivity contribution in [1.82, 2.24) is 0 Å². The van der Waals surface area contributed by atoms with Gasteiger partial charge in [0.1, 0.15) is 11.5 Å². The van der Waals surface area contributed by atoms with Crippen molar-refractivity contribution < 1.29 is 9.47 Å². The third kappa shape index (κ3) is 5.71. The van der Waals surface area contributed by atoms with E-state index in [0.29, 0.717) is 0 Å². The van der Waals surface area contributed by atoms with Crippen LogP contribution in [0.5, 0.6) is 11.5 Å². The molecule has 4 nitrogen and oxygen atoms in total.